The summed E-state index contributed by atoms with van der Waals surface area (Å²) >= 11 is 0. The van der Waals surface area contributed by atoms with Crippen LogP contribution in [0.2, 0.25) is 0 Å². The summed E-state index contributed by atoms with van der Waals surface area (Å²) in [5.74, 6) is 0.228. The van der Waals surface area contributed by atoms with Gasteiger partial charge in [0.15, 0.2) is 9.84 Å². The highest BCUT2D eigenvalue weighted by Gasteiger charge is 2.50. The Morgan fingerprint density at radius 2 is 1.85 bits per heavy atom. The summed E-state index contributed by atoms with van der Waals surface area (Å²) in [6.45, 7) is 2.90. The maximum Gasteiger partial charge on any atom is 0.266 e. The molecule has 0 spiro atoms. The van der Waals surface area contributed by atoms with Crippen molar-refractivity contribution in [3.63, 3.8) is 0 Å². The molecule has 144 valence electrons. The number of β-lactam (4-membered cyclic amide) rings is 1. The van der Waals surface area contributed by atoms with Gasteiger partial charge in [0.2, 0.25) is 6.10 Å². The Kier molecular flexibility index (Phi) is 5.53. The predicted octanol–water partition coefficient (Wildman–Crippen LogP) is 2.38. The Hall–Kier alpha value is -2.38. The third-order valence-corrected chi connectivity index (χ3v) is 5.80. The molecule has 0 N–H and O–H groups in total. The van der Waals surface area contributed by atoms with Gasteiger partial charge in [0.05, 0.1) is 11.5 Å². The second kappa shape index (κ2) is 7.70. The molecule has 1 aliphatic heterocycles. The van der Waals surface area contributed by atoms with Crippen molar-refractivity contribution in [1.82, 2.24) is 4.90 Å². The maximum atomic E-state index is 12.7. The van der Waals surface area contributed by atoms with Crippen molar-refractivity contribution in [2.75, 3.05) is 26.5 Å². The summed E-state index contributed by atoms with van der Waals surface area (Å²) < 4.78 is 34.6. The number of nitrogens with zero attached hydrogens (tertiary/aromatic N) is 1. The molecule has 0 radical (unpaired) electrons. The molecule has 7 heteroatoms. The molecule has 2 aromatic rings. The SMILES string of the molecule is COCCN1C(=O)[C@@H](Oc2cccc(S(C)(=O)=O)c2)[C@@H]1c1ccccc1C. The van der Waals surface area contributed by atoms with E-state index in [1.807, 2.05) is 31.2 Å². The van der Waals surface area contributed by atoms with Crippen molar-refractivity contribution in [2.45, 2.75) is 24.0 Å². The molecule has 0 aliphatic carbocycles. The molecule has 1 heterocycles. The van der Waals surface area contributed by atoms with E-state index in [0.717, 1.165) is 17.4 Å². The van der Waals surface area contributed by atoms with Crippen LogP contribution in [0.4, 0.5) is 0 Å². The van der Waals surface area contributed by atoms with Crippen LogP contribution in [0, 0.1) is 6.92 Å². The number of likely N-dealkylation sites (tertiary alicyclic amines) is 1. The molecule has 3 rings (SSSR count). The van der Waals surface area contributed by atoms with E-state index in [9.17, 15) is 13.2 Å². The molecule has 2 atom stereocenters. The van der Waals surface area contributed by atoms with Gasteiger partial charge in [0.25, 0.3) is 5.91 Å². The Morgan fingerprint density at radius 3 is 2.52 bits per heavy atom. The average Bonchev–Trinajstić information content (AvgIpc) is 2.64. The lowest BCUT2D eigenvalue weighted by Gasteiger charge is -2.47. The summed E-state index contributed by atoms with van der Waals surface area (Å²) in [6, 6.07) is 13.9. The van der Waals surface area contributed by atoms with E-state index in [4.69, 9.17) is 9.47 Å². The van der Waals surface area contributed by atoms with E-state index in [-0.39, 0.29) is 16.8 Å². The van der Waals surface area contributed by atoms with Gasteiger partial charge in [-0.25, -0.2) is 8.42 Å². The van der Waals surface area contributed by atoms with Crippen molar-refractivity contribution in [3.8, 4) is 5.75 Å². The fraction of sp³-hybridized carbons (Fsp3) is 0.350. The molecule has 2 aromatic carbocycles. The van der Waals surface area contributed by atoms with Crippen LogP contribution in [0.15, 0.2) is 53.4 Å². The van der Waals surface area contributed by atoms with Gasteiger partial charge in [-0.05, 0) is 36.2 Å². The highest BCUT2D eigenvalue weighted by Crippen LogP contribution is 2.39. The number of methoxy groups -OCH3 is 1. The van der Waals surface area contributed by atoms with E-state index in [1.165, 1.54) is 12.1 Å². The number of carbonyl (C=O) groups is 1. The molecule has 1 aliphatic rings. The Bertz CT molecular complexity index is 941. The summed E-state index contributed by atoms with van der Waals surface area (Å²) in [5, 5.41) is 0. The number of carbonyl (C=O) groups excluding carboxylic acids is 1. The fourth-order valence-electron chi connectivity index (χ4n) is 3.25. The number of hydrogen-bond acceptors (Lipinski definition) is 5. The minimum Gasteiger partial charge on any atom is -0.478 e. The molecule has 1 amide bonds. The van der Waals surface area contributed by atoms with E-state index in [2.05, 4.69) is 0 Å². The van der Waals surface area contributed by atoms with Crippen LogP contribution in [-0.4, -0.2) is 51.8 Å². The number of amides is 1. The van der Waals surface area contributed by atoms with Gasteiger partial charge in [-0.1, -0.05) is 30.3 Å². The molecule has 27 heavy (non-hydrogen) atoms. The third kappa shape index (κ3) is 3.99. The van der Waals surface area contributed by atoms with Crippen LogP contribution in [0.25, 0.3) is 0 Å². The molecule has 6 nitrogen and oxygen atoms in total. The van der Waals surface area contributed by atoms with Crippen LogP contribution in [0.3, 0.4) is 0 Å². The van der Waals surface area contributed by atoms with Gasteiger partial charge < -0.3 is 14.4 Å². The van der Waals surface area contributed by atoms with Crippen LogP contribution >= 0.6 is 0 Å². The molecular weight excluding hydrogens is 366 g/mol. The van der Waals surface area contributed by atoms with Crippen LogP contribution in [0.5, 0.6) is 5.75 Å². The number of aryl methyl sites for hydroxylation is 1. The highest BCUT2D eigenvalue weighted by molar-refractivity contribution is 7.90. The van der Waals surface area contributed by atoms with Crippen molar-refractivity contribution >= 4 is 15.7 Å². The largest absolute Gasteiger partial charge is 0.478 e. The lowest BCUT2D eigenvalue weighted by molar-refractivity contribution is -0.165. The molecule has 0 saturated carbocycles. The minimum atomic E-state index is -3.35. The van der Waals surface area contributed by atoms with Crippen molar-refractivity contribution in [2.24, 2.45) is 0 Å². The zero-order valence-electron chi connectivity index (χ0n) is 15.6. The topological polar surface area (TPSA) is 72.9 Å². The maximum absolute atomic E-state index is 12.7. The normalized spacial score (nSPS) is 19.7. The Morgan fingerprint density at radius 1 is 1.11 bits per heavy atom. The van der Waals surface area contributed by atoms with Crippen molar-refractivity contribution < 1.29 is 22.7 Å². The van der Waals surface area contributed by atoms with E-state index in [1.54, 1.807) is 24.1 Å². The van der Waals surface area contributed by atoms with Gasteiger partial charge in [-0.3, -0.25) is 4.79 Å². The average molecular weight is 389 g/mol. The zero-order valence-corrected chi connectivity index (χ0v) is 16.4. The second-order valence-electron chi connectivity index (χ2n) is 6.61. The summed E-state index contributed by atoms with van der Waals surface area (Å²) in [5.41, 5.74) is 2.08. The van der Waals surface area contributed by atoms with E-state index < -0.39 is 15.9 Å². The standard InChI is InChI=1S/C20H23NO5S/c1-14-7-4-5-10-17(14)18-19(20(22)21(18)11-12-25-2)26-15-8-6-9-16(13-15)27(3,23)24/h4-10,13,18-19H,11-12H2,1-3H3/t18-,19-/m0/s1. The number of benzene rings is 2. The Balaban J connectivity index is 1.89. The van der Waals surface area contributed by atoms with Crippen molar-refractivity contribution in [3.05, 3.63) is 59.7 Å². The molecule has 0 bridgehead atoms. The first-order valence-electron chi connectivity index (χ1n) is 8.64. The first kappa shape index (κ1) is 19.4. The van der Waals surface area contributed by atoms with Crippen LogP contribution in [-0.2, 0) is 19.4 Å². The second-order valence-corrected chi connectivity index (χ2v) is 8.63. The quantitative estimate of drug-likeness (QED) is 0.680. The summed E-state index contributed by atoms with van der Waals surface area (Å²) in [6.07, 6.45) is 0.446. The first-order valence-corrected chi connectivity index (χ1v) is 10.5. The predicted molar refractivity (Wildman–Crippen MR) is 101 cm³/mol. The fourth-order valence-corrected chi connectivity index (χ4v) is 3.90. The van der Waals surface area contributed by atoms with Crippen molar-refractivity contribution in [1.29, 1.82) is 0 Å². The molecule has 1 saturated heterocycles. The number of sulfone groups is 1. The monoisotopic (exact) mass is 389 g/mol. The van der Waals surface area contributed by atoms with Gasteiger partial charge >= 0.3 is 0 Å². The van der Waals surface area contributed by atoms with E-state index >= 15 is 0 Å². The highest BCUT2D eigenvalue weighted by atomic mass is 32.2. The lowest BCUT2D eigenvalue weighted by atomic mass is 9.88. The van der Waals surface area contributed by atoms with Gasteiger partial charge in [-0.15, -0.1) is 0 Å². The molecular formula is C20H23NO5S. The van der Waals surface area contributed by atoms with Gasteiger partial charge in [-0.2, -0.15) is 0 Å². The minimum absolute atomic E-state index is 0.134. The molecule has 0 unspecified atom stereocenters. The third-order valence-electron chi connectivity index (χ3n) is 4.69. The number of rotatable bonds is 7. The van der Waals surface area contributed by atoms with Crippen LogP contribution < -0.4 is 4.74 Å². The smallest absolute Gasteiger partial charge is 0.266 e. The lowest BCUT2D eigenvalue weighted by Crippen LogP contribution is -2.62. The van der Waals surface area contributed by atoms with Crippen LogP contribution in [0.1, 0.15) is 17.2 Å². The Labute approximate surface area is 159 Å². The number of ether oxygens (including phenoxy) is 2. The number of hydrogen-bond donors (Lipinski definition) is 0. The molecule has 0 aromatic heterocycles. The molecule has 1 fully saturated rings. The first-order chi connectivity index (χ1) is 12.8. The summed E-state index contributed by atoms with van der Waals surface area (Å²) in [7, 11) is -1.76. The van der Waals surface area contributed by atoms with Gasteiger partial charge in [0.1, 0.15) is 11.8 Å². The van der Waals surface area contributed by atoms with E-state index in [0.29, 0.717) is 18.9 Å². The van der Waals surface area contributed by atoms with Gasteiger partial charge in [0, 0.05) is 19.9 Å². The zero-order chi connectivity index (χ0) is 19.6. The summed E-state index contributed by atoms with van der Waals surface area (Å²) in [4.78, 5) is 14.6.